The fraction of sp³-hybridized carbons (Fsp3) is 0.400. The number of carbonyl (C=O) groups excluding carboxylic acids is 1. The van der Waals surface area contributed by atoms with Gasteiger partial charge in [-0.2, -0.15) is 13.2 Å². The molecule has 88 valence electrons. The third kappa shape index (κ3) is 3.52. The number of halogens is 3. The lowest BCUT2D eigenvalue weighted by atomic mass is 10.2. The first-order valence-corrected chi connectivity index (χ1v) is 5.25. The molecule has 0 N–H and O–H groups in total. The van der Waals surface area contributed by atoms with Gasteiger partial charge in [-0.25, -0.2) is 4.98 Å². The Hall–Kier alpha value is -1.04. The lowest BCUT2D eigenvalue weighted by Crippen LogP contribution is -2.16. The molecule has 6 heteroatoms. The summed E-state index contributed by atoms with van der Waals surface area (Å²) in [4.78, 5) is 14.3. The van der Waals surface area contributed by atoms with Crippen LogP contribution < -0.4 is 0 Å². The van der Waals surface area contributed by atoms with Gasteiger partial charge in [0, 0.05) is 6.20 Å². The second kappa shape index (κ2) is 4.45. The van der Waals surface area contributed by atoms with Crippen molar-refractivity contribution < 1.29 is 18.0 Å². The highest BCUT2D eigenvalue weighted by molar-refractivity contribution is 8.01. The number of pyridine rings is 1. The molecule has 0 unspecified atom stereocenters. The second-order valence-corrected chi connectivity index (χ2v) is 5.38. The van der Waals surface area contributed by atoms with Crippen LogP contribution in [-0.4, -0.2) is 16.0 Å². The highest BCUT2D eigenvalue weighted by atomic mass is 32.2. The summed E-state index contributed by atoms with van der Waals surface area (Å²) in [6.07, 6.45) is -2.88. The molecule has 0 aromatic carbocycles. The third-order valence-electron chi connectivity index (χ3n) is 1.72. The Morgan fingerprint density at radius 1 is 1.31 bits per heavy atom. The van der Waals surface area contributed by atoms with Crippen molar-refractivity contribution in [2.45, 2.75) is 29.8 Å². The Balaban J connectivity index is 2.84. The van der Waals surface area contributed by atoms with E-state index >= 15 is 0 Å². The van der Waals surface area contributed by atoms with Crippen LogP contribution in [0.3, 0.4) is 0 Å². The van der Waals surface area contributed by atoms with Gasteiger partial charge in [-0.3, -0.25) is 0 Å². The highest BCUT2D eigenvalue weighted by Gasteiger charge is 2.31. The number of carbonyl (C=O) groups is 1. The van der Waals surface area contributed by atoms with Gasteiger partial charge in [0.2, 0.25) is 0 Å². The molecule has 1 aromatic heterocycles. The molecule has 0 spiro atoms. The first-order chi connectivity index (χ1) is 7.24. The van der Waals surface area contributed by atoms with Crippen molar-refractivity contribution in [3.8, 4) is 0 Å². The van der Waals surface area contributed by atoms with Crippen LogP contribution in [0.4, 0.5) is 13.2 Å². The summed E-state index contributed by atoms with van der Waals surface area (Å²) in [6.45, 7) is 3.34. The van der Waals surface area contributed by atoms with Crippen LogP contribution in [0.5, 0.6) is 0 Å². The van der Waals surface area contributed by atoms with E-state index in [9.17, 15) is 18.0 Å². The molecule has 0 amide bonds. The molecule has 1 rings (SSSR count). The fourth-order valence-corrected chi connectivity index (χ4v) is 1.73. The normalized spacial score (nSPS) is 12.6. The maximum Gasteiger partial charge on any atom is 0.417 e. The molecule has 0 saturated heterocycles. The summed E-state index contributed by atoms with van der Waals surface area (Å²) in [6, 6.07) is 2.22. The van der Waals surface area contributed by atoms with E-state index in [1.165, 1.54) is 6.07 Å². The van der Waals surface area contributed by atoms with Crippen molar-refractivity contribution in [3.05, 3.63) is 23.9 Å². The van der Waals surface area contributed by atoms with Crippen LogP contribution in [0, 0.1) is 0 Å². The molecule has 1 aromatic rings. The third-order valence-corrected chi connectivity index (χ3v) is 2.79. The van der Waals surface area contributed by atoms with Gasteiger partial charge in [0.15, 0.2) is 0 Å². The summed E-state index contributed by atoms with van der Waals surface area (Å²) >= 11 is 1.12. The van der Waals surface area contributed by atoms with Crippen LogP contribution in [-0.2, 0) is 11.0 Å². The van der Waals surface area contributed by atoms with E-state index in [-0.39, 0.29) is 0 Å². The number of aldehydes is 1. The number of hydrogen-bond acceptors (Lipinski definition) is 3. The molecule has 0 radical (unpaired) electrons. The number of hydrogen-bond donors (Lipinski definition) is 0. The lowest BCUT2D eigenvalue weighted by molar-refractivity contribution is -0.137. The van der Waals surface area contributed by atoms with E-state index in [2.05, 4.69) is 4.98 Å². The predicted octanol–water partition coefficient (Wildman–Crippen LogP) is 3.17. The van der Waals surface area contributed by atoms with E-state index in [1.54, 1.807) is 13.8 Å². The Labute approximate surface area is 95.3 Å². The number of thioether (sulfide) groups is 1. The lowest BCUT2D eigenvalue weighted by Gasteiger charge is -2.15. The maximum absolute atomic E-state index is 12.2. The number of aromatic nitrogens is 1. The largest absolute Gasteiger partial charge is 0.417 e. The van der Waals surface area contributed by atoms with Crippen LogP contribution in [0.2, 0.25) is 0 Å². The Bertz CT molecular complexity index is 373. The zero-order chi connectivity index (χ0) is 12.4. The van der Waals surface area contributed by atoms with Gasteiger partial charge in [-0.1, -0.05) is 11.8 Å². The Morgan fingerprint density at radius 2 is 1.94 bits per heavy atom. The maximum atomic E-state index is 12.2. The molecule has 0 saturated carbocycles. The molecule has 0 aliphatic heterocycles. The smallest absolute Gasteiger partial charge is 0.302 e. The number of nitrogens with zero attached hydrogens (tertiary/aromatic N) is 1. The summed E-state index contributed by atoms with van der Waals surface area (Å²) < 4.78 is 36.0. The number of alkyl halides is 3. The zero-order valence-corrected chi connectivity index (χ0v) is 9.52. The van der Waals surface area contributed by atoms with E-state index in [0.717, 1.165) is 30.3 Å². The van der Waals surface area contributed by atoms with Crippen molar-refractivity contribution in [3.63, 3.8) is 0 Å². The van der Waals surface area contributed by atoms with E-state index < -0.39 is 16.5 Å². The topological polar surface area (TPSA) is 30.0 Å². The highest BCUT2D eigenvalue weighted by Crippen LogP contribution is 2.32. The van der Waals surface area contributed by atoms with Gasteiger partial charge in [-0.15, -0.1) is 0 Å². The average molecular weight is 249 g/mol. The van der Waals surface area contributed by atoms with E-state index in [4.69, 9.17) is 0 Å². The van der Waals surface area contributed by atoms with Gasteiger partial charge >= 0.3 is 6.18 Å². The summed E-state index contributed by atoms with van der Waals surface area (Å²) in [5.74, 6) is 0. The SMILES string of the molecule is CC(C)(C=O)Sc1ccc(C(F)(F)F)cn1. The van der Waals surface area contributed by atoms with Crippen molar-refractivity contribution in [2.75, 3.05) is 0 Å². The minimum absolute atomic E-state index is 0.394. The minimum Gasteiger partial charge on any atom is -0.302 e. The minimum atomic E-state index is -4.38. The van der Waals surface area contributed by atoms with Gasteiger partial charge in [-0.05, 0) is 26.0 Å². The molecular weight excluding hydrogens is 239 g/mol. The van der Waals surface area contributed by atoms with Gasteiger partial charge in [0.25, 0.3) is 0 Å². The van der Waals surface area contributed by atoms with Gasteiger partial charge in [0.05, 0.1) is 15.3 Å². The molecule has 0 fully saturated rings. The molecule has 0 bridgehead atoms. The molecule has 0 aliphatic carbocycles. The molecule has 16 heavy (non-hydrogen) atoms. The first kappa shape index (κ1) is 13.0. The predicted molar refractivity (Wildman–Crippen MR) is 55.2 cm³/mol. The summed E-state index contributed by atoms with van der Waals surface area (Å²) in [7, 11) is 0. The standard InChI is InChI=1S/C10H10F3NOS/c1-9(2,6-15)16-8-4-3-7(5-14-8)10(11,12)13/h3-6H,1-2H3. The first-order valence-electron chi connectivity index (χ1n) is 4.43. The van der Waals surface area contributed by atoms with Gasteiger partial charge in [0.1, 0.15) is 6.29 Å². The summed E-state index contributed by atoms with van der Waals surface area (Å²) in [5.41, 5.74) is -0.791. The van der Waals surface area contributed by atoms with Crippen LogP contribution >= 0.6 is 11.8 Å². The van der Waals surface area contributed by atoms with Crippen molar-refractivity contribution >= 4 is 18.0 Å². The summed E-state index contributed by atoms with van der Waals surface area (Å²) in [5, 5.41) is 0.394. The molecular formula is C10H10F3NOS. The van der Waals surface area contributed by atoms with Crippen molar-refractivity contribution in [1.82, 2.24) is 4.98 Å². The average Bonchev–Trinajstić information content (AvgIpc) is 2.16. The molecule has 0 atom stereocenters. The second-order valence-electron chi connectivity index (χ2n) is 3.71. The molecule has 0 aliphatic rings. The van der Waals surface area contributed by atoms with E-state index in [1.807, 2.05) is 0 Å². The quantitative estimate of drug-likeness (QED) is 0.608. The van der Waals surface area contributed by atoms with Crippen LogP contribution in [0.1, 0.15) is 19.4 Å². The zero-order valence-electron chi connectivity index (χ0n) is 8.71. The monoisotopic (exact) mass is 249 g/mol. The Kier molecular flexibility index (Phi) is 3.62. The molecule has 2 nitrogen and oxygen atoms in total. The van der Waals surface area contributed by atoms with Gasteiger partial charge < -0.3 is 4.79 Å². The van der Waals surface area contributed by atoms with Crippen LogP contribution in [0.15, 0.2) is 23.4 Å². The van der Waals surface area contributed by atoms with E-state index in [0.29, 0.717) is 5.03 Å². The van der Waals surface area contributed by atoms with Crippen molar-refractivity contribution in [1.29, 1.82) is 0 Å². The fourth-order valence-electron chi connectivity index (χ4n) is 0.902. The Morgan fingerprint density at radius 3 is 2.31 bits per heavy atom. The van der Waals surface area contributed by atoms with Crippen LogP contribution in [0.25, 0.3) is 0 Å². The molecule has 1 heterocycles. The van der Waals surface area contributed by atoms with Crippen molar-refractivity contribution in [2.24, 2.45) is 0 Å². The number of rotatable bonds is 3.